The van der Waals surface area contributed by atoms with Crippen LogP contribution in [0, 0.1) is 16.7 Å². The first-order chi connectivity index (χ1) is 16.3. The third kappa shape index (κ3) is 11.9. The van der Waals surface area contributed by atoms with E-state index >= 15 is 0 Å². The van der Waals surface area contributed by atoms with Gasteiger partial charge in [0.15, 0.2) is 0 Å². The van der Waals surface area contributed by atoms with Gasteiger partial charge in [0, 0.05) is 13.0 Å². The Bertz CT molecular complexity index is 595. The van der Waals surface area contributed by atoms with E-state index in [1.54, 1.807) is 0 Å². The van der Waals surface area contributed by atoms with Gasteiger partial charge >= 0.3 is 12.1 Å². The summed E-state index contributed by atoms with van der Waals surface area (Å²) in [5.74, 6) is 0.572. The van der Waals surface area contributed by atoms with Crippen LogP contribution in [0.5, 0.6) is 0 Å². The van der Waals surface area contributed by atoms with Crippen molar-refractivity contribution in [3.63, 3.8) is 0 Å². The fourth-order valence-corrected chi connectivity index (χ4v) is 6.72. The van der Waals surface area contributed by atoms with Crippen molar-refractivity contribution in [2.75, 3.05) is 13.3 Å². The van der Waals surface area contributed by atoms with E-state index in [0.29, 0.717) is 23.8 Å². The van der Waals surface area contributed by atoms with E-state index in [4.69, 9.17) is 9.47 Å². The lowest BCUT2D eigenvalue weighted by Crippen LogP contribution is -2.41. The van der Waals surface area contributed by atoms with Crippen molar-refractivity contribution in [3.8, 4) is 0 Å². The van der Waals surface area contributed by atoms with Gasteiger partial charge in [0.05, 0.1) is 0 Å². The largest absolute Gasteiger partial charge is 0.428 e. The number of alkyl carbamates (subject to hydrolysis) is 1. The van der Waals surface area contributed by atoms with E-state index in [2.05, 4.69) is 26.1 Å². The first kappa shape index (κ1) is 29.0. The Kier molecular flexibility index (Phi) is 13.4. The van der Waals surface area contributed by atoms with Crippen molar-refractivity contribution in [3.05, 3.63) is 0 Å². The molecule has 0 aliphatic heterocycles. The first-order valence-corrected chi connectivity index (χ1v) is 14.4. The molecule has 0 aromatic heterocycles. The topological polar surface area (TPSA) is 64.6 Å². The van der Waals surface area contributed by atoms with Gasteiger partial charge < -0.3 is 14.8 Å². The maximum absolute atomic E-state index is 12.0. The molecule has 2 fully saturated rings. The summed E-state index contributed by atoms with van der Waals surface area (Å²) in [6.45, 7) is 7.41. The van der Waals surface area contributed by atoms with Gasteiger partial charge in [-0.15, -0.1) is 0 Å². The number of unbranched alkanes of at least 4 members (excludes halogenated alkanes) is 10. The summed E-state index contributed by atoms with van der Waals surface area (Å²) in [5, 5.41) is 2.85. The highest BCUT2D eigenvalue weighted by molar-refractivity contribution is 5.70. The van der Waals surface area contributed by atoms with Gasteiger partial charge in [-0.2, -0.15) is 0 Å². The minimum absolute atomic E-state index is 0.279. The monoisotopic (exact) mass is 479 g/mol. The van der Waals surface area contributed by atoms with Crippen LogP contribution in [0.3, 0.4) is 0 Å². The molecule has 2 aliphatic rings. The lowest BCUT2D eigenvalue weighted by Gasteiger charge is -2.51. The Labute approximate surface area is 209 Å². The first-order valence-electron chi connectivity index (χ1n) is 14.4. The molecule has 5 heteroatoms. The molecule has 0 radical (unpaired) electrons. The molecule has 0 aromatic carbocycles. The van der Waals surface area contributed by atoms with E-state index in [1.807, 2.05) is 0 Å². The van der Waals surface area contributed by atoms with Crippen LogP contribution in [-0.4, -0.2) is 25.4 Å². The second-order valence-electron chi connectivity index (χ2n) is 12.0. The maximum Gasteiger partial charge on any atom is 0.410 e. The second kappa shape index (κ2) is 15.7. The third-order valence-electron chi connectivity index (χ3n) is 8.20. The van der Waals surface area contributed by atoms with Crippen LogP contribution in [0.25, 0.3) is 0 Å². The standard InChI is InChI=1S/C29H53NO4/c1-4-5-6-7-8-9-10-11-12-13-14-17-26(31)33-24-34-27(32)30-20-19-29(3)22-25-16-15-18-28(2,21-25)23-29/h25H,4-24H2,1-3H3,(H,30,32). The Morgan fingerprint density at radius 3 is 2.18 bits per heavy atom. The summed E-state index contributed by atoms with van der Waals surface area (Å²) in [6.07, 6.45) is 22.7. The number of carbonyl (C=O) groups is 2. The van der Waals surface area contributed by atoms with Crippen molar-refractivity contribution < 1.29 is 19.1 Å². The summed E-state index contributed by atoms with van der Waals surface area (Å²) >= 11 is 0. The number of esters is 1. The van der Waals surface area contributed by atoms with Crippen LogP contribution in [-0.2, 0) is 14.3 Å². The highest BCUT2D eigenvalue weighted by Crippen LogP contribution is 2.56. The minimum atomic E-state index is -0.492. The molecule has 3 unspecified atom stereocenters. The Balaban J connectivity index is 1.41. The second-order valence-corrected chi connectivity index (χ2v) is 12.0. The number of rotatable bonds is 17. The molecule has 5 nitrogen and oxygen atoms in total. The lowest BCUT2D eigenvalue weighted by atomic mass is 9.54. The van der Waals surface area contributed by atoms with Crippen LogP contribution >= 0.6 is 0 Å². The maximum atomic E-state index is 12.0. The fraction of sp³-hybridized carbons (Fsp3) is 0.931. The molecule has 2 rings (SSSR count). The van der Waals surface area contributed by atoms with Crippen molar-refractivity contribution in [1.29, 1.82) is 0 Å². The van der Waals surface area contributed by atoms with Crippen molar-refractivity contribution in [2.24, 2.45) is 16.7 Å². The number of hydrogen-bond donors (Lipinski definition) is 1. The Morgan fingerprint density at radius 2 is 1.53 bits per heavy atom. The zero-order valence-corrected chi connectivity index (χ0v) is 22.6. The molecule has 2 aliphatic carbocycles. The third-order valence-corrected chi connectivity index (χ3v) is 8.20. The molecule has 0 aromatic rings. The molecule has 1 N–H and O–H groups in total. The summed E-state index contributed by atoms with van der Waals surface area (Å²) in [6, 6.07) is 0. The zero-order chi connectivity index (χ0) is 24.7. The molecule has 0 saturated heterocycles. The van der Waals surface area contributed by atoms with Crippen LogP contribution in [0.4, 0.5) is 4.79 Å². The van der Waals surface area contributed by atoms with Crippen LogP contribution in [0.2, 0.25) is 0 Å². The van der Waals surface area contributed by atoms with E-state index in [9.17, 15) is 9.59 Å². The van der Waals surface area contributed by atoms with Gasteiger partial charge in [-0.05, 0) is 55.3 Å². The van der Waals surface area contributed by atoms with Crippen molar-refractivity contribution in [2.45, 2.75) is 143 Å². The Hall–Kier alpha value is -1.26. The molecule has 0 heterocycles. The highest BCUT2D eigenvalue weighted by atomic mass is 16.7. The summed E-state index contributed by atoms with van der Waals surface area (Å²) in [7, 11) is 0. The van der Waals surface area contributed by atoms with Gasteiger partial charge in [0.1, 0.15) is 0 Å². The molecule has 198 valence electrons. The van der Waals surface area contributed by atoms with Gasteiger partial charge in [0.2, 0.25) is 6.79 Å². The molecular formula is C29H53NO4. The average Bonchev–Trinajstić information content (AvgIpc) is 2.76. The average molecular weight is 480 g/mol. The number of carbonyl (C=O) groups excluding carboxylic acids is 2. The van der Waals surface area contributed by atoms with E-state index < -0.39 is 6.09 Å². The van der Waals surface area contributed by atoms with Gasteiger partial charge in [-0.3, -0.25) is 4.79 Å². The van der Waals surface area contributed by atoms with Gasteiger partial charge in [-0.25, -0.2) is 4.79 Å². The minimum Gasteiger partial charge on any atom is -0.428 e. The molecule has 34 heavy (non-hydrogen) atoms. The summed E-state index contributed by atoms with van der Waals surface area (Å²) < 4.78 is 10.1. The predicted molar refractivity (Wildman–Crippen MR) is 139 cm³/mol. The normalized spacial score (nSPS) is 26.1. The van der Waals surface area contributed by atoms with E-state index in [-0.39, 0.29) is 12.8 Å². The van der Waals surface area contributed by atoms with Crippen LogP contribution in [0.1, 0.15) is 143 Å². The molecule has 3 atom stereocenters. The molecule has 0 spiro atoms. The lowest BCUT2D eigenvalue weighted by molar-refractivity contribution is -0.151. The van der Waals surface area contributed by atoms with Crippen LogP contribution in [0.15, 0.2) is 0 Å². The van der Waals surface area contributed by atoms with Crippen LogP contribution < -0.4 is 5.32 Å². The number of nitrogens with one attached hydrogen (secondary N) is 1. The molecule has 1 amide bonds. The smallest absolute Gasteiger partial charge is 0.410 e. The highest BCUT2D eigenvalue weighted by Gasteiger charge is 2.44. The quantitative estimate of drug-likeness (QED) is 0.129. The Morgan fingerprint density at radius 1 is 0.882 bits per heavy atom. The molecule has 2 bridgehead atoms. The number of hydrogen-bond acceptors (Lipinski definition) is 4. The number of amides is 1. The van der Waals surface area contributed by atoms with E-state index in [1.165, 1.54) is 96.3 Å². The SMILES string of the molecule is CCCCCCCCCCCCCC(=O)OCOC(=O)NCCC1(C)CC2CCCC(C)(C2)C1. The van der Waals surface area contributed by atoms with Gasteiger partial charge in [0.25, 0.3) is 0 Å². The van der Waals surface area contributed by atoms with E-state index in [0.717, 1.165) is 25.2 Å². The zero-order valence-electron chi connectivity index (χ0n) is 22.6. The number of ether oxygens (including phenoxy) is 2. The van der Waals surface area contributed by atoms with Gasteiger partial charge in [-0.1, -0.05) is 97.8 Å². The summed E-state index contributed by atoms with van der Waals surface area (Å²) in [4.78, 5) is 23.8. The van der Waals surface area contributed by atoms with Crippen molar-refractivity contribution >= 4 is 12.1 Å². The summed E-state index contributed by atoms with van der Waals surface area (Å²) in [5.41, 5.74) is 0.783. The van der Waals surface area contributed by atoms with Crippen molar-refractivity contribution in [1.82, 2.24) is 5.32 Å². The number of fused-ring (bicyclic) bond motifs is 2. The molecule has 2 saturated carbocycles. The fourth-order valence-electron chi connectivity index (χ4n) is 6.72. The predicted octanol–water partition coefficient (Wildman–Crippen LogP) is 8.30. The molecular weight excluding hydrogens is 426 g/mol.